The van der Waals surface area contributed by atoms with E-state index in [4.69, 9.17) is 0 Å². The van der Waals surface area contributed by atoms with Crippen LogP contribution in [0.3, 0.4) is 0 Å². The van der Waals surface area contributed by atoms with Gasteiger partial charge in [-0.05, 0) is 25.0 Å². The van der Waals surface area contributed by atoms with E-state index in [2.05, 4.69) is 20.6 Å². The van der Waals surface area contributed by atoms with Crippen molar-refractivity contribution in [3.63, 3.8) is 0 Å². The average molecular weight is 318 g/mol. The van der Waals surface area contributed by atoms with E-state index in [0.717, 1.165) is 25.0 Å². The second-order valence-electron chi connectivity index (χ2n) is 5.46. The number of anilines is 2. The van der Waals surface area contributed by atoms with Crippen molar-refractivity contribution in [3.05, 3.63) is 47.9 Å². The summed E-state index contributed by atoms with van der Waals surface area (Å²) in [6, 6.07) is 5.20. The first-order valence-electron chi connectivity index (χ1n) is 7.47. The standard InChI is InChI=1S/C16H16F2N4O/c17-11-6-3-7-12(18)15(11)22-16(23)13-8-14(20-9-19-13)21-10-4-1-2-5-10/h3,6-10H,1-2,4-5H2,(H,22,23)(H,19,20,21). The Morgan fingerprint density at radius 3 is 2.52 bits per heavy atom. The summed E-state index contributed by atoms with van der Waals surface area (Å²) >= 11 is 0. The number of nitrogens with one attached hydrogen (secondary N) is 2. The normalized spacial score (nSPS) is 14.7. The molecule has 0 aliphatic heterocycles. The maximum Gasteiger partial charge on any atom is 0.274 e. The Labute approximate surface area is 132 Å². The van der Waals surface area contributed by atoms with E-state index < -0.39 is 23.2 Å². The maximum atomic E-state index is 13.6. The molecule has 3 rings (SSSR count). The number of aromatic nitrogens is 2. The highest BCUT2D eigenvalue weighted by atomic mass is 19.1. The van der Waals surface area contributed by atoms with E-state index >= 15 is 0 Å². The first-order chi connectivity index (χ1) is 11.1. The van der Waals surface area contributed by atoms with Crippen LogP contribution in [0.4, 0.5) is 20.3 Å². The van der Waals surface area contributed by atoms with Gasteiger partial charge in [0, 0.05) is 12.1 Å². The van der Waals surface area contributed by atoms with E-state index in [0.29, 0.717) is 11.9 Å². The predicted molar refractivity (Wildman–Crippen MR) is 82.2 cm³/mol. The fourth-order valence-electron chi connectivity index (χ4n) is 2.63. The lowest BCUT2D eigenvalue weighted by atomic mass is 10.2. The number of carbonyl (C=O) groups is 1. The van der Waals surface area contributed by atoms with Gasteiger partial charge in [-0.3, -0.25) is 4.79 Å². The molecule has 120 valence electrons. The number of benzene rings is 1. The quantitative estimate of drug-likeness (QED) is 0.907. The van der Waals surface area contributed by atoms with Gasteiger partial charge in [0.2, 0.25) is 0 Å². The zero-order valence-corrected chi connectivity index (χ0v) is 12.4. The molecule has 0 bridgehead atoms. The number of halogens is 2. The van der Waals surface area contributed by atoms with Crippen LogP contribution in [0.1, 0.15) is 36.2 Å². The van der Waals surface area contributed by atoms with Gasteiger partial charge in [0.1, 0.15) is 35.2 Å². The number of hydrogen-bond donors (Lipinski definition) is 2. The van der Waals surface area contributed by atoms with Crippen LogP contribution in [-0.4, -0.2) is 21.9 Å². The largest absolute Gasteiger partial charge is 0.367 e. The molecule has 0 radical (unpaired) electrons. The molecule has 1 heterocycles. The third-order valence-electron chi connectivity index (χ3n) is 3.81. The van der Waals surface area contributed by atoms with Crippen molar-refractivity contribution in [2.45, 2.75) is 31.7 Å². The maximum absolute atomic E-state index is 13.6. The molecule has 1 saturated carbocycles. The fourth-order valence-corrected chi connectivity index (χ4v) is 2.63. The monoisotopic (exact) mass is 318 g/mol. The van der Waals surface area contributed by atoms with E-state index in [9.17, 15) is 13.6 Å². The van der Waals surface area contributed by atoms with E-state index in [1.165, 1.54) is 31.3 Å². The summed E-state index contributed by atoms with van der Waals surface area (Å²) in [6.07, 6.45) is 5.72. The highest BCUT2D eigenvalue weighted by Crippen LogP contribution is 2.22. The molecule has 1 amide bonds. The molecule has 1 aliphatic rings. The van der Waals surface area contributed by atoms with Crippen LogP contribution in [0.2, 0.25) is 0 Å². The number of rotatable bonds is 4. The minimum Gasteiger partial charge on any atom is -0.367 e. The summed E-state index contributed by atoms with van der Waals surface area (Å²) in [5.74, 6) is -1.83. The predicted octanol–water partition coefficient (Wildman–Crippen LogP) is 3.36. The van der Waals surface area contributed by atoms with Crippen molar-refractivity contribution in [1.82, 2.24) is 9.97 Å². The fraction of sp³-hybridized carbons (Fsp3) is 0.312. The summed E-state index contributed by atoms with van der Waals surface area (Å²) in [7, 11) is 0. The molecule has 0 spiro atoms. The minimum atomic E-state index is -0.836. The number of nitrogens with zero attached hydrogens (tertiary/aromatic N) is 2. The number of carbonyl (C=O) groups excluding carboxylic acids is 1. The lowest BCUT2D eigenvalue weighted by Crippen LogP contribution is -2.19. The lowest BCUT2D eigenvalue weighted by molar-refractivity contribution is 0.102. The van der Waals surface area contributed by atoms with Crippen LogP contribution in [0.5, 0.6) is 0 Å². The topological polar surface area (TPSA) is 66.9 Å². The number of amides is 1. The minimum absolute atomic E-state index is 0.0446. The molecule has 2 N–H and O–H groups in total. The van der Waals surface area contributed by atoms with Crippen molar-refractivity contribution >= 4 is 17.4 Å². The van der Waals surface area contributed by atoms with Gasteiger partial charge in [0.05, 0.1) is 0 Å². The summed E-state index contributed by atoms with van der Waals surface area (Å²) in [5, 5.41) is 5.45. The molecule has 0 unspecified atom stereocenters. The number of para-hydroxylation sites is 1. The van der Waals surface area contributed by atoms with Crippen molar-refractivity contribution in [2.24, 2.45) is 0 Å². The Balaban J connectivity index is 1.74. The molecular weight excluding hydrogens is 302 g/mol. The van der Waals surface area contributed by atoms with Crippen molar-refractivity contribution in [2.75, 3.05) is 10.6 Å². The molecular formula is C16H16F2N4O. The van der Waals surface area contributed by atoms with Crippen LogP contribution >= 0.6 is 0 Å². The Morgan fingerprint density at radius 2 is 1.83 bits per heavy atom. The van der Waals surface area contributed by atoms with Crippen LogP contribution in [0, 0.1) is 11.6 Å². The van der Waals surface area contributed by atoms with Crippen LogP contribution in [-0.2, 0) is 0 Å². The molecule has 1 aromatic carbocycles. The Bertz CT molecular complexity index is 697. The Kier molecular flexibility index (Phi) is 4.45. The highest BCUT2D eigenvalue weighted by molar-refractivity contribution is 6.03. The molecule has 2 aromatic rings. The first kappa shape index (κ1) is 15.3. The van der Waals surface area contributed by atoms with Gasteiger partial charge in [-0.15, -0.1) is 0 Å². The molecule has 1 aromatic heterocycles. The van der Waals surface area contributed by atoms with E-state index in [1.54, 1.807) is 0 Å². The van der Waals surface area contributed by atoms with E-state index in [-0.39, 0.29) is 5.69 Å². The Morgan fingerprint density at radius 1 is 1.13 bits per heavy atom. The summed E-state index contributed by atoms with van der Waals surface area (Å²) in [6.45, 7) is 0. The van der Waals surface area contributed by atoms with Gasteiger partial charge in [-0.25, -0.2) is 18.7 Å². The smallest absolute Gasteiger partial charge is 0.274 e. The second-order valence-corrected chi connectivity index (χ2v) is 5.46. The van der Waals surface area contributed by atoms with Gasteiger partial charge in [-0.2, -0.15) is 0 Å². The average Bonchev–Trinajstić information content (AvgIpc) is 3.04. The summed E-state index contributed by atoms with van der Waals surface area (Å²) in [4.78, 5) is 20.1. The van der Waals surface area contributed by atoms with Crippen LogP contribution in [0.15, 0.2) is 30.6 Å². The van der Waals surface area contributed by atoms with Crippen molar-refractivity contribution < 1.29 is 13.6 Å². The SMILES string of the molecule is O=C(Nc1c(F)cccc1F)c1cc(NC2CCCC2)ncn1. The third-order valence-corrected chi connectivity index (χ3v) is 3.81. The molecule has 7 heteroatoms. The van der Waals surface area contributed by atoms with E-state index in [1.807, 2.05) is 0 Å². The lowest BCUT2D eigenvalue weighted by Gasteiger charge is -2.13. The van der Waals surface area contributed by atoms with Crippen molar-refractivity contribution in [1.29, 1.82) is 0 Å². The highest BCUT2D eigenvalue weighted by Gasteiger charge is 2.17. The molecule has 5 nitrogen and oxygen atoms in total. The third kappa shape index (κ3) is 3.61. The van der Waals surface area contributed by atoms with Gasteiger partial charge < -0.3 is 10.6 Å². The van der Waals surface area contributed by atoms with Crippen LogP contribution in [0.25, 0.3) is 0 Å². The zero-order valence-electron chi connectivity index (χ0n) is 12.4. The zero-order chi connectivity index (χ0) is 16.2. The molecule has 0 atom stereocenters. The van der Waals surface area contributed by atoms with Crippen molar-refractivity contribution in [3.8, 4) is 0 Å². The molecule has 1 fully saturated rings. The van der Waals surface area contributed by atoms with Gasteiger partial charge in [-0.1, -0.05) is 18.9 Å². The number of hydrogen-bond acceptors (Lipinski definition) is 4. The Hall–Kier alpha value is -2.57. The second kappa shape index (κ2) is 6.68. The molecule has 0 saturated heterocycles. The summed E-state index contributed by atoms with van der Waals surface area (Å²) < 4.78 is 27.2. The van der Waals surface area contributed by atoms with Gasteiger partial charge in [0.25, 0.3) is 5.91 Å². The van der Waals surface area contributed by atoms with Crippen LogP contribution < -0.4 is 10.6 Å². The van der Waals surface area contributed by atoms with Gasteiger partial charge in [0.15, 0.2) is 0 Å². The molecule has 23 heavy (non-hydrogen) atoms. The summed E-state index contributed by atoms with van der Waals surface area (Å²) in [5.41, 5.74) is -0.440. The van der Waals surface area contributed by atoms with Gasteiger partial charge >= 0.3 is 0 Å². The first-order valence-corrected chi connectivity index (χ1v) is 7.47. The molecule has 1 aliphatic carbocycles.